The van der Waals surface area contributed by atoms with E-state index >= 15 is 0 Å². The maximum absolute atomic E-state index is 5.72. The Kier molecular flexibility index (Phi) is 4.54. The van der Waals surface area contributed by atoms with E-state index in [1.807, 2.05) is 4.68 Å². The molecule has 1 aromatic rings. The van der Waals surface area contributed by atoms with Gasteiger partial charge in [0.15, 0.2) is 0 Å². The van der Waals surface area contributed by atoms with Crippen molar-refractivity contribution in [1.82, 2.24) is 20.2 Å². The molecule has 0 aromatic carbocycles. The number of ether oxygens (including phenoxy) is 1. The maximum Gasteiger partial charge on any atom is 0.138 e. The predicted molar refractivity (Wildman–Crippen MR) is 73.3 cm³/mol. The molecule has 3 N–H and O–H groups in total. The SMILES string of the molecule is COC1(C(Cc2ncnn2CC(C)C)NN)CCC1. The first kappa shape index (κ1) is 14.4. The topological polar surface area (TPSA) is 78.0 Å². The fourth-order valence-corrected chi connectivity index (χ4v) is 2.74. The lowest BCUT2D eigenvalue weighted by Crippen LogP contribution is -2.59. The van der Waals surface area contributed by atoms with Gasteiger partial charge in [0.05, 0.1) is 11.6 Å². The van der Waals surface area contributed by atoms with Crippen LogP contribution < -0.4 is 11.3 Å². The molecule has 0 aliphatic heterocycles. The van der Waals surface area contributed by atoms with Gasteiger partial charge in [-0.15, -0.1) is 0 Å². The van der Waals surface area contributed by atoms with Crippen LogP contribution in [0.5, 0.6) is 0 Å². The summed E-state index contributed by atoms with van der Waals surface area (Å²) in [6, 6.07) is 0.0846. The summed E-state index contributed by atoms with van der Waals surface area (Å²) in [4.78, 5) is 4.36. The summed E-state index contributed by atoms with van der Waals surface area (Å²) in [5.74, 6) is 7.24. The molecule has 1 atom stereocenters. The lowest BCUT2D eigenvalue weighted by atomic mass is 9.73. The standard InChI is InChI=1S/C13H25N5O/c1-10(2)8-18-12(15-9-16-18)7-11(17-14)13(19-3)5-4-6-13/h9-11,17H,4-8,14H2,1-3H3. The van der Waals surface area contributed by atoms with Crippen LogP contribution in [-0.2, 0) is 17.7 Å². The summed E-state index contributed by atoms with van der Waals surface area (Å²) in [5.41, 5.74) is 2.77. The van der Waals surface area contributed by atoms with Crippen molar-refractivity contribution >= 4 is 0 Å². The molecule has 0 amide bonds. The molecule has 1 aliphatic rings. The van der Waals surface area contributed by atoms with Crippen LogP contribution in [0.1, 0.15) is 38.9 Å². The molecule has 1 heterocycles. The number of hydrogen-bond donors (Lipinski definition) is 2. The van der Waals surface area contributed by atoms with Gasteiger partial charge in [0.25, 0.3) is 0 Å². The van der Waals surface area contributed by atoms with Gasteiger partial charge in [-0.25, -0.2) is 9.67 Å². The first-order valence-corrected chi connectivity index (χ1v) is 6.99. The van der Waals surface area contributed by atoms with E-state index in [0.717, 1.165) is 31.6 Å². The van der Waals surface area contributed by atoms with Crippen molar-refractivity contribution in [2.75, 3.05) is 7.11 Å². The average Bonchev–Trinajstić information content (AvgIpc) is 2.73. The maximum atomic E-state index is 5.72. The molecular weight excluding hydrogens is 242 g/mol. The van der Waals surface area contributed by atoms with Crippen molar-refractivity contribution in [1.29, 1.82) is 0 Å². The Hall–Kier alpha value is -0.980. The molecule has 1 unspecified atom stereocenters. The third-order valence-electron chi connectivity index (χ3n) is 4.06. The molecule has 0 radical (unpaired) electrons. The highest BCUT2D eigenvalue weighted by Gasteiger charge is 2.44. The summed E-state index contributed by atoms with van der Waals surface area (Å²) in [6.45, 7) is 5.23. The lowest BCUT2D eigenvalue weighted by Gasteiger charge is -2.46. The van der Waals surface area contributed by atoms with Crippen molar-refractivity contribution in [3.8, 4) is 0 Å². The van der Waals surface area contributed by atoms with E-state index in [1.165, 1.54) is 6.42 Å². The van der Waals surface area contributed by atoms with Gasteiger partial charge in [0.1, 0.15) is 12.2 Å². The normalized spacial score (nSPS) is 19.4. The molecular formula is C13H25N5O. The van der Waals surface area contributed by atoms with E-state index in [-0.39, 0.29) is 11.6 Å². The molecule has 1 aromatic heterocycles. The van der Waals surface area contributed by atoms with E-state index in [0.29, 0.717) is 5.92 Å². The third-order valence-corrected chi connectivity index (χ3v) is 4.06. The number of rotatable bonds is 7. The van der Waals surface area contributed by atoms with Crippen LogP contribution in [0.25, 0.3) is 0 Å². The van der Waals surface area contributed by atoms with Crippen LogP contribution in [-0.4, -0.2) is 33.5 Å². The van der Waals surface area contributed by atoms with Crippen LogP contribution in [0.2, 0.25) is 0 Å². The van der Waals surface area contributed by atoms with Crippen LogP contribution in [0.3, 0.4) is 0 Å². The summed E-state index contributed by atoms with van der Waals surface area (Å²) < 4.78 is 7.67. The van der Waals surface area contributed by atoms with Crippen molar-refractivity contribution < 1.29 is 4.74 Å². The van der Waals surface area contributed by atoms with Crippen molar-refractivity contribution in [2.45, 2.75) is 57.7 Å². The van der Waals surface area contributed by atoms with Gasteiger partial charge in [-0.2, -0.15) is 5.10 Å². The Morgan fingerprint density at radius 2 is 2.26 bits per heavy atom. The Morgan fingerprint density at radius 1 is 1.53 bits per heavy atom. The largest absolute Gasteiger partial charge is 0.377 e. The van der Waals surface area contributed by atoms with E-state index in [9.17, 15) is 0 Å². The minimum Gasteiger partial charge on any atom is -0.377 e. The highest BCUT2D eigenvalue weighted by molar-refractivity contribution is 5.03. The zero-order valence-corrected chi connectivity index (χ0v) is 12.1. The quantitative estimate of drug-likeness (QED) is 0.566. The summed E-state index contributed by atoms with van der Waals surface area (Å²) in [7, 11) is 1.77. The summed E-state index contributed by atoms with van der Waals surface area (Å²) in [6.07, 6.45) is 5.67. The minimum absolute atomic E-state index is 0.0846. The molecule has 2 rings (SSSR count). The van der Waals surface area contributed by atoms with E-state index in [2.05, 4.69) is 29.4 Å². The molecule has 1 fully saturated rings. The van der Waals surface area contributed by atoms with Gasteiger partial charge >= 0.3 is 0 Å². The van der Waals surface area contributed by atoms with Gasteiger partial charge < -0.3 is 4.74 Å². The van der Waals surface area contributed by atoms with Gasteiger partial charge in [0, 0.05) is 20.1 Å². The zero-order valence-electron chi connectivity index (χ0n) is 12.1. The first-order valence-electron chi connectivity index (χ1n) is 6.99. The van der Waals surface area contributed by atoms with Crippen LogP contribution in [0.4, 0.5) is 0 Å². The van der Waals surface area contributed by atoms with Crippen LogP contribution in [0, 0.1) is 5.92 Å². The molecule has 108 valence electrons. The van der Waals surface area contributed by atoms with Gasteiger partial charge in [0.2, 0.25) is 0 Å². The fourth-order valence-electron chi connectivity index (χ4n) is 2.74. The number of nitrogens with zero attached hydrogens (tertiary/aromatic N) is 3. The second kappa shape index (κ2) is 5.98. The Morgan fingerprint density at radius 3 is 2.74 bits per heavy atom. The molecule has 19 heavy (non-hydrogen) atoms. The van der Waals surface area contributed by atoms with E-state index < -0.39 is 0 Å². The second-order valence-corrected chi connectivity index (χ2v) is 5.80. The zero-order chi connectivity index (χ0) is 13.9. The monoisotopic (exact) mass is 267 g/mol. The fraction of sp³-hybridized carbons (Fsp3) is 0.846. The summed E-state index contributed by atoms with van der Waals surface area (Å²) in [5, 5.41) is 4.29. The molecule has 0 saturated heterocycles. The highest BCUT2D eigenvalue weighted by atomic mass is 16.5. The molecule has 0 spiro atoms. The first-order chi connectivity index (χ1) is 9.11. The number of hydrazine groups is 1. The number of nitrogens with one attached hydrogen (secondary N) is 1. The molecule has 1 aliphatic carbocycles. The van der Waals surface area contributed by atoms with Crippen molar-refractivity contribution in [3.63, 3.8) is 0 Å². The number of aromatic nitrogens is 3. The molecule has 1 saturated carbocycles. The number of nitrogens with two attached hydrogens (primary N) is 1. The number of hydrogen-bond acceptors (Lipinski definition) is 5. The van der Waals surface area contributed by atoms with Crippen molar-refractivity contribution in [3.05, 3.63) is 12.2 Å². The smallest absolute Gasteiger partial charge is 0.138 e. The molecule has 6 nitrogen and oxygen atoms in total. The Balaban J connectivity index is 2.08. The van der Waals surface area contributed by atoms with Crippen LogP contribution >= 0.6 is 0 Å². The third kappa shape index (κ3) is 2.96. The Bertz CT molecular complexity index is 394. The summed E-state index contributed by atoms with van der Waals surface area (Å²) >= 11 is 0. The van der Waals surface area contributed by atoms with Gasteiger partial charge in [-0.3, -0.25) is 11.3 Å². The van der Waals surface area contributed by atoms with E-state index in [4.69, 9.17) is 10.6 Å². The van der Waals surface area contributed by atoms with Crippen LogP contribution in [0.15, 0.2) is 6.33 Å². The Labute approximate surface area is 114 Å². The average molecular weight is 267 g/mol. The predicted octanol–water partition coefficient (Wildman–Crippen LogP) is 0.878. The second-order valence-electron chi connectivity index (χ2n) is 5.80. The number of methoxy groups -OCH3 is 1. The lowest BCUT2D eigenvalue weighted by molar-refractivity contribution is -0.0987. The molecule has 0 bridgehead atoms. The van der Waals surface area contributed by atoms with Gasteiger partial charge in [-0.1, -0.05) is 13.8 Å². The van der Waals surface area contributed by atoms with Gasteiger partial charge in [-0.05, 0) is 25.2 Å². The van der Waals surface area contributed by atoms with Crippen molar-refractivity contribution in [2.24, 2.45) is 11.8 Å². The van der Waals surface area contributed by atoms with E-state index in [1.54, 1.807) is 13.4 Å². The highest BCUT2D eigenvalue weighted by Crippen LogP contribution is 2.38. The minimum atomic E-state index is -0.136. The molecule has 6 heteroatoms.